The van der Waals surface area contributed by atoms with Crippen LogP contribution < -0.4 is 10.2 Å². The van der Waals surface area contributed by atoms with E-state index in [2.05, 4.69) is 41.2 Å². The first-order valence-corrected chi connectivity index (χ1v) is 7.53. The summed E-state index contributed by atoms with van der Waals surface area (Å²) in [6.07, 6.45) is 3.52. The molecular formula is C16H26N4O. The highest BCUT2D eigenvalue weighted by Gasteiger charge is 2.09. The summed E-state index contributed by atoms with van der Waals surface area (Å²) in [6, 6.07) is 6.60. The van der Waals surface area contributed by atoms with E-state index in [1.54, 1.807) is 7.11 Å². The number of hydrogen-bond acceptors (Lipinski definition) is 5. The molecule has 0 aliphatic rings. The van der Waals surface area contributed by atoms with Crippen LogP contribution in [0, 0.1) is 11.3 Å². The van der Waals surface area contributed by atoms with Crippen LogP contribution in [0.5, 0.6) is 0 Å². The minimum absolute atomic E-state index is 0.304. The third kappa shape index (κ3) is 6.11. The molecule has 1 N–H and O–H groups in total. The maximum atomic E-state index is 8.75. The number of anilines is 1. The summed E-state index contributed by atoms with van der Waals surface area (Å²) in [5.41, 5.74) is 1.18. The van der Waals surface area contributed by atoms with Crippen LogP contribution in [-0.2, 0) is 4.74 Å². The first-order valence-electron chi connectivity index (χ1n) is 7.53. The third-order valence-corrected chi connectivity index (χ3v) is 3.35. The Morgan fingerprint density at radius 1 is 1.43 bits per heavy atom. The van der Waals surface area contributed by atoms with Crippen LogP contribution in [0.15, 0.2) is 18.3 Å². The summed E-state index contributed by atoms with van der Waals surface area (Å²) in [7, 11) is 1.68. The second kappa shape index (κ2) is 10.1. The Hall–Kier alpha value is -1.64. The molecule has 0 fully saturated rings. The van der Waals surface area contributed by atoms with Gasteiger partial charge in [0.25, 0.3) is 0 Å². The lowest BCUT2D eigenvalue weighted by atomic mass is 10.1. The third-order valence-electron chi connectivity index (χ3n) is 3.35. The minimum Gasteiger partial charge on any atom is -0.383 e. The fourth-order valence-electron chi connectivity index (χ4n) is 2.05. The zero-order valence-corrected chi connectivity index (χ0v) is 13.3. The lowest BCUT2D eigenvalue weighted by Crippen LogP contribution is -2.29. The normalized spacial score (nSPS) is 11.9. The number of ether oxygens (including phenoxy) is 1. The van der Waals surface area contributed by atoms with Crippen molar-refractivity contribution in [2.45, 2.75) is 32.7 Å². The van der Waals surface area contributed by atoms with E-state index >= 15 is 0 Å². The summed E-state index contributed by atoms with van der Waals surface area (Å²) in [6.45, 7) is 7.35. The molecule has 0 amide bonds. The van der Waals surface area contributed by atoms with E-state index in [0.29, 0.717) is 25.6 Å². The summed E-state index contributed by atoms with van der Waals surface area (Å²) in [4.78, 5) is 6.62. The van der Waals surface area contributed by atoms with Crippen molar-refractivity contribution in [1.29, 1.82) is 5.26 Å². The number of rotatable bonds is 10. The second-order valence-corrected chi connectivity index (χ2v) is 5.01. The van der Waals surface area contributed by atoms with Gasteiger partial charge in [-0.2, -0.15) is 5.26 Å². The van der Waals surface area contributed by atoms with Gasteiger partial charge in [0.1, 0.15) is 5.82 Å². The Morgan fingerprint density at radius 2 is 2.24 bits per heavy atom. The molecule has 0 radical (unpaired) electrons. The first kappa shape index (κ1) is 17.4. The van der Waals surface area contributed by atoms with Gasteiger partial charge in [0, 0.05) is 32.4 Å². The van der Waals surface area contributed by atoms with Crippen LogP contribution in [0.25, 0.3) is 0 Å². The van der Waals surface area contributed by atoms with Crippen molar-refractivity contribution < 1.29 is 4.74 Å². The molecule has 5 heteroatoms. The van der Waals surface area contributed by atoms with Crippen LogP contribution in [0.3, 0.4) is 0 Å². The zero-order chi connectivity index (χ0) is 15.5. The molecule has 0 saturated carbocycles. The highest BCUT2D eigenvalue weighted by molar-refractivity contribution is 5.40. The Morgan fingerprint density at radius 3 is 2.81 bits per heavy atom. The molecule has 5 nitrogen and oxygen atoms in total. The maximum Gasteiger partial charge on any atom is 0.128 e. The molecule has 116 valence electrons. The Kier molecular flexibility index (Phi) is 8.41. The molecule has 1 rings (SSSR count). The Labute approximate surface area is 127 Å². The monoisotopic (exact) mass is 290 g/mol. The van der Waals surface area contributed by atoms with Gasteiger partial charge in [0.15, 0.2) is 0 Å². The van der Waals surface area contributed by atoms with Crippen molar-refractivity contribution in [2.24, 2.45) is 0 Å². The molecule has 0 aromatic carbocycles. The Balaban J connectivity index is 2.69. The molecule has 0 saturated heterocycles. The average molecular weight is 290 g/mol. The van der Waals surface area contributed by atoms with Crippen molar-refractivity contribution in [3.8, 4) is 6.07 Å². The van der Waals surface area contributed by atoms with E-state index in [-0.39, 0.29) is 0 Å². The molecule has 1 unspecified atom stereocenters. The number of methoxy groups -OCH3 is 1. The van der Waals surface area contributed by atoms with Gasteiger partial charge in [-0.1, -0.05) is 13.0 Å². The van der Waals surface area contributed by atoms with Crippen molar-refractivity contribution in [2.75, 3.05) is 38.3 Å². The summed E-state index contributed by atoms with van der Waals surface area (Å²) in [5.74, 6) is 0.897. The van der Waals surface area contributed by atoms with Crippen molar-refractivity contribution in [3.05, 3.63) is 23.9 Å². The lowest BCUT2D eigenvalue weighted by molar-refractivity contribution is 0.205. The summed E-state index contributed by atoms with van der Waals surface area (Å²) < 4.78 is 5.12. The molecule has 0 aliphatic carbocycles. The van der Waals surface area contributed by atoms with Gasteiger partial charge in [0.05, 0.1) is 19.1 Å². The molecule has 0 aliphatic heterocycles. The van der Waals surface area contributed by atoms with Gasteiger partial charge in [-0.05, 0) is 31.5 Å². The second-order valence-electron chi connectivity index (χ2n) is 5.01. The number of nitrogens with one attached hydrogen (secondary N) is 1. The highest BCUT2D eigenvalue weighted by atomic mass is 16.5. The SMILES string of the molecule is CCCNC(C)c1ccc(N(CCC#N)CCOC)nc1. The van der Waals surface area contributed by atoms with Gasteiger partial charge in [0.2, 0.25) is 0 Å². The first-order chi connectivity index (χ1) is 10.2. The highest BCUT2D eigenvalue weighted by Crippen LogP contribution is 2.16. The summed E-state index contributed by atoms with van der Waals surface area (Å²) >= 11 is 0. The molecule has 0 bridgehead atoms. The lowest BCUT2D eigenvalue weighted by Gasteiger charge is -2.23. The van der Waals surface area contributed by atoms with Gasteiger partial charge < -0.3 is 15.0 Å². The quantitative estimate of drug-likeness (QED) is 0.717. The molecule has 1 heterocycles. The van der Waals surface area contributed by atoms with Crippen LogP contribution in [-0.4, -0.2) is 38.3 Å². The fourth-order valence-corrected chi connectivity index (χ4v) is 2.05. The van der Waals surface area contributed by atoms with E-state index in [0.717, 1.165) is 25.3 Å². The predicted molar refractivity (Wildman–Crippen MR) is 85.3 cm³/mol. The van der Waals surface area contributed by atoms with Crippen molar-refractivity contribution in [1.82, 2.24) is 10.3 Å². The number of pyridine rings is 1. The molecule has 1 aromatic rings. The molecule has 1 atom stereocenters. The topological polar surface area (TPSA) is 61.2 Å². The van der Waals surface area contributed by atoms with E-state index in [1.807, 2.05) is 12.3 Å². The number of nitriles is 1. The van der Waals surface area contributed by atoms with E-state index in [9.17, 15) is 0 Å². The van der Waals surface area contributed by atoms with Crippen LogP contribution in [0.1, 0.15) is 38.3 Å². The van der Waals surface area contributed by atoms with Gasteiger partial charge in [-0.25, -0.2) is 4.98 Å². The minimum atomic E-state index is 0.304. The van der Waals surface area contributed by atoms with Gasteiger partial charge in [-0.15, -0.1) is 0 Å². The fraction of sp³-hybridized carbons (Fsp3) is 0.625. The number of hydrogen-bond donors (Lipinski definition) is 1. The van der Waals surface area contributed by atoms with E-state index < -0.39 is 0 Å². The van der Waals surface area contributed by atoms with E-state index in [4.69, 9.17) is 10.00 Å². The smallest absolute Gasteiger partial charge is 0.128 e. The maximum absolute atomic E-state index is 8.75. The Bertz CT molecular complexity index is 427. The molecular weight excluding hydrogens is 264 g/mol. The van der Waals surface area contributed by atoms with Gasteiger partial charge >= 0.3 is 0 Å². The largest absolute Gasteiger partial charge is 0.383 e. The van der Waals surface area contributed by atoms with Crippen LogP contribution in [0.2, 0.25) is 0 Å². The van der Waals surface area contributed by atoms with Crippen LogP contribution >= 0.6 is 0 Å². The average Bonchev–Trinajstić information content (AvgIpc) is 2.53. The van der Waals surface area contributed by atoms with Gasteiger partial charge in [-0.3, -0.25) is 0 Å². The zero-order valence-electron chi connectivity index (χ0n) is 13.3. The van der Waals surface area contributed by atoms with Crippen molar-refractivity contribution in [3.63, 3.8) is 0 Å². The molecule has 21 heavy (non-hydrogen) atoms. The summed E-state index contributed by atoms with van der Waals surface area (Å²) in [5, 5.41) is 12.2. The number of nitrogens with zero attached hydrogens (tertiary/aromatic N) is 3. The molecule has 0 spiro atoms. The van der Waals surface area contributed by atoms with Crippen LogP contribution in [0.4, 0.5) is 5.82 Å². The predicted octanol–water partition coefficient (Wildman–Crippen LogP) is 2.51. The standard InChI is InChI=1S/C16H26N4O/c1-4-9-18-14(2)15-6-7-16(19-13-15)20(10-5-8-17)11-12-21-3/h6-7,13-14,18H,4-5,9-12H2,1-3H3. The van der Waals surface area contributed by atoms with E-state index in [1.165, 1.54) is 5.56 Å². The number of aromatic nitrogens is 1. The van der Waals surface area contributed by atoms with Crippen molar-refractivity contribution >= 4 is 5.82 Å². The molecule has 1 aromatic heterocycles.